The minimum Gasteiger partial charge on any atom is -0.420 e. The van der Waals surface area contributed by atoms with Crippen molar-refractivity contribution in [3.05, 3.63) is 64.5 Å². The zero-order chi connectivity index (χ0) is 21.6. The van der Waals surface area contributed by atoms with Gasteiger partial charge < -0.3 is 18.8 Å². The maximum Gasteiger partial charge on any atom is 0.385 e. The van der Waals surface area contributed by atoms with Gasteiger partial charge in [-0.1, -0.05) is 6.07 Å². The van der Waals surface area contributed by atoms with Crippen molar-refractivity contribution in [3.8, 4) is 11.5 Å². The van der Waals surface area contributed by atoms with Crippen molar-refractivity contribution in [1.82, 2.24) is 9.97 Å². The summed E-state index contributed by atoms with van der Waals surface area (Å²) in [5.41, 5.74) is 1.31. The topological polar surface area (TPSA) is 130 Å². The predicted molar refractivity (Wildman–Crippen MR) is 111 cm³/mol. The highest BCUT2D eigenvalue weighted by Gasteiger charge is 2.35. The Morgan fingerprint density at radius 3 is 2.43 bits per heavy atom. The van der Waals surface area contributed by atoms with Gasteiger partial charge in [0.25, 0.3) is 5.69 Å². The Hall–Kier alpha value is -3.07. The van der Waals surface area contributed by atoms with Gasteiger partial charge >= 0.3 is 7.60 Å². The molecule has 0 fully saturated rings. The lowest BCUT2D eigenvalue weighted by molar-refractivity contribution is -0.384. The van der Waals surface area contributed by atoms with Crippen LogP contribution in [-0.2, 0) is 20.2 Å². The molecule has 1 aromatic carbocycles. The zero-order valence-electron chi connectivity index (χ0n) is 16.5. The molecular weight excluding hydrogens is 411 g/mol. The third-order valence-electron chi connectivity index (χ3n) is 3.97. The Morgan fingerprint density at radius 1 is 1.17 bits per heavy atom. The molecule has 11 heteroatoms. The largest absolute Gasteiger partial charge is 0.420 e. The molecule has 0 aliphatic heterocycles. The van der Waals surface area contributed by atoms with Crippen LogP contribution >= 0.6 is 7.60 Å². The molecule has 0 saturated heterocycles. The molecule has 2 heterocycles. The quantitative estimate of drug-likeness (QED) is 0.285. The van der Waals surface area contributed by atoms with Crippen molar-refractivity contribution >= 4 is 24.6 Å². The van der Waals surface area contributed by atoms with Crippen molar-refractivity contribution in [1.29, 1.82) is 0 Å². The van der Waals surface area contributed by atoms with Gasteiger partial charge in [-0.15, -0.1) is 0 Å². The number of aromatic nitrogens is 2. The smallest absolute Gasteiger partial charge is 0.385 e. The van der Waals surface area contributed by atoms with E-state index in [0.29, 0.717) is 12.1 Å². The fourth-order valence-electron chi connectivity index (χ4n) is 2.65. The Labute approximate surface area is 172 Å². The first kappa shape index (κ1) is 21.6. The zero-order valence-corrected chi connectivity index (χ0v) is 17.4. The van der Waals surface area contributed by atoms with Crippen LogP contribution in [0, 0.1) is 10.1 Å². The van der Waals surface area contributed by atoms with Crippen molar-refractivity contribution in [2.45, 2.75) is 20.4 Å². The van der Waals surface area contributed by atoms with Crippen LogP contribution in [0.1, 0.15) is 19.4 Å². The maximum atomic E-state index is 13.3. The lowest BCUT2D eigenvalue weighted by atomic mass is 10.2. The van der Waals surface area contributed by atoms with Crippen LogP contribution in [0.4, 0.5) is 11.6 Å². The predicted octanol–water partition coefficient (Wildman–Crippen LogP) is 4.15. The number of nitrogens with one attached hydrogen (secondary N) is 1. The first-order valence-corrected chi connectivity index (χ1v) is 10.8. The van der Waals surface area contributed by atoms with Crippen molar-refractivity contribution in [2.75, 3.05) is 18.5 Å². The number of hydrogen-bond acceptors (Lipinski definition) is 9. The molecule has 30 heavy (non-hydrogen) atoms. The molecule has 3 rings (SSSR count). The molecular formula is C19H21N4O6P. The number of pyridine rings is 1. The molecule has 0 unspecified atom stereocenters. The number of anilines is 1. The molecule has 0 atom stereocenters. The molecule has 0 saturated carbocycles. The number of non-ortho nitro benzene ring substituents is 1. The fourth-order valence-corrected chi connectivity index (χ4v) is 4.23. The normalized spacial score (nSPS) is 11.4. The van der Waals surface area contributed by atoms with Gasteiger partial charge in [0.1, 0.15) is 0 Å². The van der Waals surface area contributed by atoms with Gasteiger partial charge in [-0.05, 0) is 37.6 Å². The van der Waals surface area contributed by atoms with Crippen molar-refractivity contribution in [3.63, 3.8) is 0 Å². The van der Waals surface area contributed by atoms with Gasteiger partial charge in [0.2, 0.25) is 17.2 Å². The molecule has 0 aliphatic carbocycles. The average Bonchev–Trinajstić information content (AvgIpc) is 3.18. The molecule has 10 nitrogen and oxygen atoms in total. The van der Waals surface area contributed by atoms with Crippen LogP contribution in [0.15, 0.2) is 53.2 Å². The van der Waals surface area contributed by atoms with E-state index in [9.17, 15) is 14.7 Å². The third kappa shape index (κ3) is 4.91. The molecule has 0 amide bonds. The second-order valence-electron chi connectivity index (χ2n) is 6.02. The van der Waals surface area contributed by atoms with Gasteiger partial charge in [-0.2, -0.15) is 4.98 Å². The first-order chi connectivity index (χ1) is 14.5. The first-order valence-electron chi connectivity index (χ1n) is 9.25. The van der Waals surface area contributed by atoms with Crippen LogP contribution in [0.5, 0.6) is 0 Å². The third-order valence-corrected chi connectivity index (χ3v) is 5.99. The molecule has 158 valence electrons. The highest BCUT2D eigenvalue weighted by molar-refractivity contribution is 7.62. The second-order valence-corrected chi connectivity index (χ2v) is 7.96. The Balaban J connectivity index is 1.99. The minimum atomic E-state index is -3.75. The lowest BCUT2D eigenvalue weighted by Gasteiger charge is -2.15. The molecule has 2 aromatic heterocycles. The Kier molecular flexibility index (Phi) is 6.94. The van der Waals surface area contributed by atoms with Crippen LogP contribution < -0.4 is 10.8 Å². The van der Waals surface area contributed by atoms with Gasteiger partial charge in [0, 0.05) is 36.6 Å². The SMILES string of the molecule is CCOP(=O)(OCC)c1nc(-c2ccc([N+](=O)[O-])cc2)oc1NCc1cccnc1. The van der Waals surface area contributed by atoms with Crippen LogP contribution in [0.3, 0.4) is 0 Å². The van der Waals surface area contributed by atoms with Crippen LogP contribution in [-0.4, -0.2) is 28.1 Å². The number of nitro benzene ring substituents is 1. The van der Waals surface area contributed by atoms with E-state index in [1.807, 2.05) is 6.07 Å². The van der Waals surface area contributed by atoms with E-state index in [2.05, 4.69) is 15.3 Å². The summed E-state index contributed by atoms with van der Waals surface area (Å²) in [5, 5.41) is 13.9. The number of nitro groups is 1. The highest BCUT2D eigenvalue weighted by Crippen LogP contribution is 2.49. The fraction of sp³-hybridized carbons (Fsp3) is 0.263. The van der Waals surface area contributed by atoms with Crippen LogP contribution in [0.25, 0.3) is 11.5 Å². The Bertz CT molecular complexity index is 1030. The summed E-state index contributed by atoms with van der Waals surface area (Å²) in [6.07, 6.45) is 3.35. The summed E-state index contributed by atoms with van der Waals surface area (Å²) >= 11 is 0. The average molecular weight is 432 g/mol. The van der Waals surface area contributed by atoms with Gasteiger partial charge in [0.15, 0.2) is 0 Å². The standard InChI is InChI=1S/C19H21N4O6P/c1-3-27-30(26,28-4-2)19-18(21-13-14-6-5-11-20-12-14)29-17(22-19)15-7-9-16(10-8-15)23(24)25/h5-12,21H,3-4,13H2,1-2H3. The second kappa shape index (κ2) is 9.62. The van der Waals surface area contributed by atoms with E-state index in [4.69, 9.17) is 13.5 Å². The van der Waals surface area contributed by atoms with Crippen molar-refractivity contribution < 1.29 is 23.0 Å². The van der Waals surface area contributed by atoms with E-state index >= 15 is 0 Å². The minimum absolute atomic E-state index is 0.0171. The van der Waals surface area contributed by atoms with E-state index in [-0.39, 0.29) is 36.1 Å². The number of nitrogens with zero attached hydrogens (tertiary/aromatic N) is 3. The van der Waals surface area contributed by atoms with Crippen molar-refractivity contribution in [2.24, 2.45) is 0 Å². The van der Waals surface area contributed by atoms with E-state index in [1.54, 1.807) is 32.3 Å². The summed E-state index contributed by atoms with van der Waals surface area (Å²) in [6, 6.07) is 9.36. The molecule has 0 aliphatic rings. The monoisotopic (exact) mass is 432 g/mol. The van der Waals surface area contributed by atoms with Gasteiger partial charge in [-0.3, -0.25) is 19.7 Å². The maximum absolute atomic E-state index is 13.3. The summed E-state index contributed by atoms with van der Waals surface area (Å²) in [4.78, 5) is 18.8. The number of oxazole rings is 1. The number of hydrogen-bond donors (Lipinski definition) is 1. The van der Waals surface area contributed by atoms with E-state index < -0.39 is 12.5 Å². The summed E-state index contributed by atoms with van der Waals surface area (Å²) < 4.78 is 30.0. The molecule has 0 bridgehead atoms. The van der Waals surface area contributed by atoms with E-state index in [1.165, 1.54) is 24.3 Å². The summed E-state index contributed by atoms with van der Waals surface area (Å²) in [7, 11) is -3.75. The molecule has 1 N–H and O–H groups in total. The molecule has 0 spiro atoms. The highest BCUT2D eigenvalue weighted by atomic mass is 31.2. The lowest BCUT2D eigenvalue weighted by Crippen LogP contribution is -2.16. The van der Waals surface area contributed by atoms with E-state index in [0.717, 1.165) is 5.56 Å². The number of rotatable bonds is 10. The van der Waals surface area contributed by atoms with Crippen LogP contribution in [0.2, 0.25) is 0 Å². The molecule has 0 radical (unpaired) electrons. The number of benzene rings is 1. The summed E-state index contributed by atoms with van der Waals surface area (Å²) in [6.45, 7) is 4.05. The molecule has 3 aromatic rings. The summed E-state index contributed by atoms with van der Waals surface area (Å²) in [5.74, 6) is 0.269. The van der Waals surface area contributed by atoms with Gasteiger partial charge in [0.05, 0.1) is 18.1 Å². The van der Waals surface area contributed by atoms with Gasteiger partial charge in [-0.25, -0.2) is 0 Å². The Morgan fingerprint density at radius 2 is 1.87 bits per heavy atom.